The van der Waals surface area contributed by atoms with Gasteiger partial charge in [-0.1, -0.05) is 0 Å². The SMILES string of the molecule is Cc1cnnc(NN2CCOCC2)c1. The van der Waals surface area contributed by atoms with Gasteiger partial charge in [-0.3, -0.25) is 0 Å². The van der Waals surface area contributed by atoms with E-state index in [4.69, 9.17) is 4.74 Å². The number of hydrazine groups is 1. The Morgan fingerprint density at radius 2 is 2.21 bits per heavy atom. The number of aromatic nitrogens is 2. The van der Waals surface area contributed by atoms with Crippen LogP contribution >= 0.6 is 0 Å². The molecule has 0 aromatic carbocycles. The van der Waals surface area contributed by atoms with Gasteiger partial charge in [-0.25, -0.2) is 5.01 Å². The predicted octanol–water partition coefficient (Wildman–Crippen LogP) is 0.444. The van der Waals surface area contributed by atoms with Gasteiger partial charge in [0.2, 0.25) is 0 Å². The highest BCUT2D eigenvalue weighted by Crippen LogP contribution is 2.05. The highest BCUT2D eigenvalue weighted by Gasteiger charge is 2.10. The molecule has 1 fully saturated rings. The molecule has 1 aliphatic rings. The molecule has 76 valence electrons. The molecule has 5 nitrogen and oxygen atoms in total. The van der Waals surface area contributed by atoms with E-state index in [1.54, 1.807) is 6.20 Å². The van der Waals surface area contributed by atoms with Crippen molar-refractivity contribution in [2.45, 2.75) is 6.92 Å². The zero-order valence-corrected chi connectivity index (χ0v) is 8.23. The number of hydrogen-bond donors (Lipinski definition) is 1. The van der Waals surface area contributed by atoms with Crippen molar-refractivity contribution in [2.24, 2.45) is 0 Å². The number of nitrogens with zero attached hydrogens (tertiary/aromatic N) is 3. The minimum atomic E-state index is 0.770. The minimum absolute atomic E-state index is 0.770. The van der Waals surface area contributed by atoms with Crippen molar-refractivity contribution in [3.05, 3.63) is 17.8 Å². The lowest BCUT2D eigenvalue weighted by molar-refractivity contribution is 0.0494. The number of morpholine rings is 1. The second kappa shape index (κ2) is 4.34. The molecule has 1 aromatic heterocycles. The van der Waals surface area contributed by atoms with Gasteiger partial charge < -0.3 is 10.2 Å². The third-order valence-corrected chi connectivity index (χ3v) is 2.07. The predicted molar refractivity (Wildman–Crippen MR) is 52.8 cm³/mol. The Morgan fingerprint density at radius 1 is 1.43 bits per heavy atom. The van der Waals surface area contributed by atoms with Crippen molar-refractivity contribution in [1.29, 1.82) is 0 Å². The number of anilines is 1. The molecule has 0 saturated carbocycles. The van der Waals surface area contributed by atoms with Gasteiger partial charge in [-0.05, 0) is 18.6 Å². The maximum Gasteiger partial charge on any atom is 0.163 e. The van der Waals surface area contributed by atoms with Crippen LogP contribution in [0.4, 0.5) is 5.82 Å². The first-order valence-electron chi connectivity index (χ1n) is 4.73. The molecule has 0 bridgehead atoms. The molecule has 0 unspecified atom stereocenters. The van der Waals surface area contributed by atoms with E-state index in [-0.39, 0.29) is 0 Å². The molecule has 2 heterocycles. The summed E-state index contributed by atoms with van der Waals surface area (Å²) in [6.45, 7) is 5.31. The van der Waals surface area contributed by atoms with Crippen molar-refractivity contribution in [3.8, 4) is 0 Å². The molecule has 1 saturated heterocycles. The average Bonchev–Trinajstić information content (AvgIpc) is 2.19. The highest BCUT2D eigenvalue weighted by atomic mass is 16.5. The molecule has 14 heavy (non-hydrogen) atoms. The van der Waals surface area contributed by atoms with E-state index >= 15 is 0 Å². The molecule has 0 aliphatic carbocycles. The van der Waals surface area contributed by atoms with Gasteiger partial charge in [-0.15, -0.1) is 5.10 Å². The quantitative estimate of drug-likeness (QED) is 0.740. The summed E-state index contributed by atoms with van der Waals surface area (Å²) < 4.78 is 5.24. The zero-order chi connectivity index (χ0) is 9.80. The first-order chi connectivity index (χ1) is 6.84. The largest absolute Gasteiger partial charge is 0.379 e. The van der Waals surface area contributed by atoms with Crippen LogP contribution in [0, 0.1) is 6.92 Å². The maximum atomic E-state index is 5.24. The third kappa shape index (κ3) is 2.40. The van der Waals surface area contributed by atoms with Gasteiger partial charge in [0.15, 0.2) is 5.82 Å². The molecular weight excluding hydrogens is 180 g/mol. The number of hydrogen-bond acceptors (Lipinski definition) is 5. The third-order valence-electron chi connectivity index (χ3n) is 2.07. The summed E-state index contributed by atoms with van der Waals surface area (Å²) in [5, 5.41) is 9.96. The highest BCUT2D eigenvalue weighted by molar-refractivity contribution is 5.33. The van der Waals surface area contributed by atoms with Gasteiger partial charge in [0.05, 0.1) is 19.4 Å². The molecule has 0 atom stereocenters. The van der Waals surface area contributed by atoms with E-state index in [0.29, 0.717) is 0 Å². The lowest BCUT2D eigenvalue weighted by Gasteiger charge is -2.27. The minimum Gasteiger partial charge on any atom is -0.379 e. The molecule has 1 aliphatic heterocycles. The van der Waals surface area contributed by atoms with Crippen molar-refractivity contribution >= 4 is 5.82 Å². The molecule has 0 amide bonds. The van der Waals surface area contributed by atoms with Crippen LogP contribution in [0.2, 0.25) is 0 Å². The van der Waals surface area contributed by atoms with E-state index in [1.165, 1.54) is 0 Å². The number of aryl methyl sites for hydroxylation is 1. The summed E-state index contributed by atoms with van der Waals surface area (Å²) >= 11 is 0. The Kier molecular flexibility index (Phi) is 2.90. The molecule has 5 heteroatoms. The summed E-state index contributed by atoms with van der Waals surface area (Å²) in [5.41, 5.74) is 4.31. The van der Waals surface area contributed by atoms with Gasteiger partial charge in [0, 0.05) is 13.1 Å². The van der Waals surface area contributed by atoms with Gasteiger partial charge in [0.1, 0.15) is 0 Å². The van der Waals surface area contributed by atoms with Crippen LogP contribution < -0.4 is 5.43 Å². The lowest BCUT2D eigenvalue weighted by atomic mass is 10.3. The summed E-state index contributed by atoms with van der Waals surface area (Å²) in [7, 11) is 0. The monoisotopic (exact) mass is 194 g/mol. The molecular formula is C9H14N4O. The van der Waals surface area contributed by atoms with Crippen LogP contribution in [0.1, 0.15) is 5.56 Å². The number of ether oxygens (including phenoxy) is 1. The lowest BCUT2D eigenvalue weighted by Crippen LogP contribution is -2.40. The van der Waals surface area contributed by atoms with Crippen LogP contribution in [-0.4, -0.2) is 41.5 Å². The maximum absolute atomic E-state index is 5.24. The summed E-state index contributed by atoms with van der Waals surface area (Å²) in [4.78, 5) is 0. The van der Waals surface area contributed by atoms with E-state index in [2.05, 4.69) is 20.6 Å². The normalized spacial score (nSPS) is 18.1. The molecule has 0 spiro atoms. The van der Waals surface area contributed by atoms with Crippen molar-refractivity contribution in [1.82, 2.24) is 15.2 Å². The molecule has 1 aromatic rings. The molecule has 0 radical (unpaired) electrons. The van der Waals surface area contributed by atoms with E-state index in [1.807, 2.05) is 13.0 Å². The fourth-order valence-electron chi connectivity index (χ4n) is 1.36. The first kappa shape index (κ1) is 9.36. The Hall–Kier alpha value is -1.20. The van der Waals surface area contributed by atoms with Crippen LogP contribution in [0.3, 0.4) is 0 Å². The summed E-state index contributed by atoms with van der Waals surface area (Å²) in [5.74, 6) is 0.798. The van der Waals surface area contributed by atoms with E-state index in [9.17, 15) is 0 Å². The molecule has 2 rings (SSSR count). The van der Waals surface area contributed by atoms with Crippen LogP contribution in [0.25, 0.3) is 0 Å². The summed E-state index contributed by atoms with van der Waals surface area (Å²) in [6, 6.07) is 1.97. The van der Waals surface area contributed by atoms with Gasteiger partial charge in [0.25, 0.3) is 0 Å². The van der Waals surface area contributed by atoms with Crippen molar-refractivity contribution in [3.63, 3.8) is 0 Å². The Balaban J connectivity index is 1.95. The van der Waals surface area contributed by atoms with E-state index < -0.39 is 0 Å². The fourth-order valence-corrected chi connectivity index (χ4v) is 1.36. The number of nitrogens with one attached hydrogen (secondary N) is 1. The topological polar surface area (TPSA) is 50.3 Å². The standard InChI is InChI=1S/C9H14N4O/c1-8-6-9(11-10-7-8)12-13-2-4-14-5-3-13/h6-7H,2-5H2,1H3,(H,11,12). The van der Waals surface area contributed by atoms with Crippen LogP contribution in [0.5, 0.6) is 0 Å². The van der Waals surface area contributed by atoms with E-state index in [0.717, 1.165) is 37.7 Å². The van der Waals surface area contributed by atoms with Crippen LogP contribution in [0.15, 0.2) is 12.3 Å². The second-order valence-electron chi connectivity index (χ2n) is 3.33. The van der Waals surface area contributed by atoms with Gasteiger partial charge >= 0.3 is 0 Å². The van der Waals surface area contributed by atoms with Gasteiger partial charge in [-0.2, -0.15) is 5.10 Å². The Morgan fingerprint density at radius 3 is 2.93 bits per heavy atom. The first-order valence-corrected chi connectivity index (χ1v) is 4.73. The average molecular weight is 194 g/mol. The van der Waals surface area contributed by atoms with Crippen LogP contribution in [-0.2, 0) is 4.74 Å². The number of rotatable bonds is 2. The smallest absolute Gasteiger partial charge is 0.163 e. The fraction of sp³-hybridized carbons (Fsp3) is 0.556. The zero-order valence-electron chi connectivity index (χ0n) is 8.23. The van der Waals surface area contributed by atoms with Crippen molar-refractivity contribution in [2.75, 3.05) is 31.7 Å². The van der Waals surface area contributed by atoms with Crippen molar-refractivity contribution < 1.29 is 4.74 Å². The molecule has 1 N–H and O–H groups in total. The summed E-state index contributed by atoms with van der Waals surface area (Å²) in [6.07, 6.45) is 1.74. The Bertz CT molecular complexity index is 299. The Labute approximate surface area is 83.1 Å². The second-order valence-corrected chi connectivity index (χ2v) is 3.33.